The third kappa shape index (κ3) is 3.27. The number of carbonyl (C=O) groups is 1. The van der Waals surface area contributed by atoms with Gasteiger partial charge in [-0.25, -0.2) is 0 Å². The molecule has 0 bridgehead atoms. The Morgan fingerprint density at radius 2 is 2.16 bits per heavy atom. The molecule has 0 aliphatic carbocycles. The van der Waals surface area contributed by atoms with Gasteiger partial charge in [0.1, 0.15) is 0 Å². The largest absolute Gasteiger partial charge is 0.395 e. The minimum absolute atomic E-state index is 0.0571. The monoisotopic (exact) mass is 269 g/mol. The number of likely N-dealkylation sites (tertiary alicyclic amines) is 1. The van der Waals surface area contributed by atoms with E-state index in [1.165, 1.54) is 0 Å². The van der Waals surface area contributed by atoms with Gasteiger partial charge in [0.15, 0.2) is 0 Å². The molecule has 2 aliphatic rings. The molecule has 2 rings (SSSR count). The van der Waals surface area contributed by atoms with Gasteiger partial charge in [-0.1, -0.05) is 0 Å². The van der Waals surface area contributed by atoms with Crippen molar-refractivity contribution in [3.63, 3.8) is 0 Å². The lowest BCUT2D eigenvalue weighted by molar-refractivity contribution is -0.144. The summed E-state index contributed by atoms with van der Waals surface area (Å²) >= 11 is 0. The van der Waals surface area contributed by atoms with Crippen molar-refractivity contribution < 1.29 is 9.90 Å². The second-order valence-corrected chi connectivity index (χ2v) is 6.24. The fourth-order valence-corrected chi connectivity index (χ4v) is 3.21. The fourth-order valence-electron chi connectivity index (χ4n) is 3.21. The summed E-state index contributed by atoms with van der Waals surface area (Å²) < 4.78 is 0. The SMILES string of the molecule is CN1CCC(N(CCO)C(=O)C2(C)CCNC2)CC1. The van der Waals surface area contributed by atoms with E-state index in [1.54, 1.807) is 0 Å². The van der Waals surface area contributed by atoms with Gasteiger partial charge in [-0.05, 0) is 52.9 Å². The highest BCUT2D eigenvalue weighted by Gasteiger charge is 2.41. The zero-order valence-electron chi connectivity index (χ0n) is 12.2. The number of piperidine rings is 1. The predicted molar refractivity (Wildman–Crippen MR) is 74.9 cm³/mol. The Kier molecular flexibility index (Phi) is 4.81. The van der Waals surface area contributed by atoms with Gasteiger partial charge in [-0.15, -0.1) is 0 Å². The summed E-state index contributed by atoms with van der Waals surface area (Å²) in [6.07, 6.45) is 2.94. The average molecular weight is 269 g/mol. The van der Waals surface area contributed by atoms with Crippen molar-refractivity contribution >= 4 is 5.91 Å². The van der Waals surface area contributed by atoms with Gasteiger partial charge in [-0.3, -0.25) is 4.79 Å². The average Bonchev–Trinajstić information content (AvgIpc) is 2.85. The molecule has 0 aromatic carbocycles. The Bertz CT molecular complexity index is 308. The molecule has 19 heavy (non-hydrogen) atoms. The molecule has 2 fully saturated rings. The maximum absolute atomic E-state index is 12.8. The molecule has 0 saturated carbocycles. The molecule has 2 heterocycles. The van der Waals surface area contributed by atoms with E-state index in [9.17, 15) is 9.90 Å². The smallest absolute Gasteiger partial charge is 0.230 e. The van der Waals surface area contributed by atoms with Crippen molar-refractivity contribution in [1.29, 1.82) is 0 Å². The van der Waals surface area contributed by atoms with Gasteiger partial charge in [0.2, 0.25) is 5.91 Å². The Labute approximate surface area is 115 Å². The van der Waals surface area contributed by atoms with E-state index in [0.717, 1.165) is 45.4 Å². The maximum atomic E-state index is 12.8. The lowest BCUT2D eigenvalue weighted by Crippen LogP contribution is -2.52. The van der Waals surface area contributed by atoms with Crippen LogP contribution in [0.2, 0.25) is 0 Å². The molecule has 0 aromatic rings. The van der Waals surface area contributed by atoms with Crippen LogP contribution in [-0.4, -0.2) is 73.2 Å². The summed E-state index contributed by atoms with van der Waals surface area (Å²) in [7, 11) is 2.12. The topological polar surface area (TPSA) is 55.8 Å². The van der Waals surface area contributed by atoms with Gasteiger partial charge >= 0.3 is 0 Å². The number of amides is 1. The molecule has 0 spiro atoms. The molecule has 1 unspecified atom stereocenters. The first-order chi connectivity index (χ1) is 9.07. The lowest BCUT2D eigenvalue weighted by Gasteiger charge is -2.40. The predicted octanol–water partition coefficient (Wildman–Crippen LogP) is -0.0989. The van der Waals surface area contributed by atoms with Crippen LogP contribution in [0.1, 0.15) is 26.2 Å². The maximum Gasteiger partial charge on any atom is 0.230 e. The Balaban J connectivity index is 2.04. The first-order valence-electron chi connectivity index (χ1n) is 7.38. The molecule has 2 saturated heterocycles. The van der Waals surface area contributed by atoms with Crippen LogP contribution in [-0.2, 0) is 4.79 Å². The number of hydrogen-bond acceptors (Lipinski definition) is 4. The van der Waals surface area contributed by atoms with Crippen molar-refractivity contribution in [2.75, 3.05) is 46.4 Å². The second kappa shape index (κ2) is 6.20. The van der Waals surface area contributed by atoms with Crippen LogP contribution >= 0.6 is 0 Å². The van der Waals surface area contributed by atoms with Crippen LogP contribution in [0.15, 0.2) is 0 Å². The number of rotatable bonds is 4. The van der Waals surface area contributed by atoms with Crippen LogP contribution in [0, 0.1) is 5.41 Å². The molecule has 0 aromatic heterocycles. The molecule has 2 aliphatic heterocycles. The summed E-state index contributed by atoms with van der Waals surface area (Å²) in [6, 6.07) is 0.299. The Morgan fingerprint density at radius 3 is 2.68 bits per heavy atom. The highest BCUT2D eigenvalue weighted by molar-refractivity contribution is 5.83. The van der Waals surface area contributed by atoms with Crippen LogP contribution < -0.4 is 5.32 Å². The minimum atomic E-state index is -0.279. The van der Waals surface area contributed by atoms with Crippen molar-refractivity contribution in [2.45, 2.75) is 32.2 Å². The molecule has 1 atom stereocenters. The standard InChI is InChI=1S/C14H27N3O2/c1-14(5-6-15-11-14)13(19)17(9-10-18)12-3-7-16(2)8-4-12/h12,15,18H,3-11H2,1-2H3. The first kappa shape index (κ1) is 14.8. The number of aliphatic hydroxyl groups is 1. The molecule has 0 radical (unpaired) electrons. The van der Waals surface area contributed by atoms with E-state index in [1.807, 2.05) is 4.90 Å². The van der Waals surface area contributed by atoms with Crippen molar-refractivity contribution in [2.24, 2.45) is 5.41 Å². The molecule has 5 nitrogen and oxygen atoms in total. The highest BCUT2D eigenvalue weighted by atomic mass is 16.3. The first-order valence-corrected chi connectivity index (χ1v) is 7.38. The van der Waals surface area contributed by atoms with E-state index < -0.39 is 0 Å². The van der Waals surface area contributed by atoms with Gasteiger partial charge in [0.05, 0.1) is 12.0 Å². The quantitative estimate of drug-likeness (QED) is 0.748. The molecule has 5 heteroatoms. The number of carbonyl (C=O) groups excluding carboxylic acids is 1. The van der Waals surface area contributed by atoms with Crippen molar-refractivity contribution in [3.8, 4) is 0 Å². The highest BCUT2D eigenvalue weighted by Crippen LogP contribution is 2.29. The summed E-state index contributed by atoms with van der Waals surface area (Å²) in [6.45, 7) is 6.34. The van der Waals surface area contributed by atoms with Crippen LogP contribution in [0.25, 0.3) is 0 Å². The van der Waals surface area contributed by atoms with Crippen LogP contribution in [0.5, 0.6) is 0 Å². The Morgan fingerprint density at radius 1 is 1.47 bits per heavy atom. The van der Waals surface area contributed by atoms with Gasteiger partial charge in [-0.2, -0.15) is 0 Å². The van der Waals surface area contributed by atoms with E-state index in [4.69, 9.17) is 0 Å². The zero-order chi connectivity index (χ0) is 13.9. The molecule has 1 amide bonds. The van der Waals surface area contributed by atoms with Gasteiger partial charge in [0, 0.05) is 19.1 Å². The summed E-state index contributed by atoms with van der Waals surface area (Å²) in [4.78, 5) is 17.0. The Hall–Kier alpha value is -0.650. The van der Waals surface area contributed by atoms with E-state index in [0.29, 0.717) is 12.6 Å². The van der Waals surface area contributed by atoms with Crippen LogP contribution in [0.4, 0.5) is 0 Å². The van der Waals surface area contributed by atoms with E-state index in [2.05, 4.69) is 24.2 Å². The minimum Gasteiger partial charge on any atom is -0.395 e. The lowest BCUT2D eigenvalue weighted by atomic mass is 9.86. The third-order valence-corrected chi connectivity index (χ3v) is 4.62. The van der Waals surface area contributed by atoms with E-state index >= 15 is 0 Å². The number of aliphatic hydroxyl groups excluding tert-OH is 1. The van der Waals surface area contributed by atoms with Crippen LogP contribution in [0.3, 0.4) is 0 Å². The third-order valence-electron chi connectivity index (χ3n) is 4.62. The molecule has 2 N–H and O–H groups in total. The summed E-state index contributed by atoms with van der Waals surface area (Å²) in [5.41, 5.74) is -0.279. The molecular weight excluding hydrogens is 242 g/mol. The summed E-state index contributed by atoms with van der Waals surface area (Å²) in [5.74, 6) is 0.223. The fraction of sp³-hybridized carbons (Fsp3) is 0.929. The van der Waals surface area contributed by atoms with Gasteiger partial charge < -0.3 is 20.2 Å². The van der Waals surface area contributed by atoms with Crippen molar-refractivity contribution in [3.05, 3.63) is 0 Å². The number of nitrogens with one attached hydrogen (secondary N) is 1. The van der Waals surface area contributed by atoms with E-state index in [-0.39, 0.29) is 17.9 Å². The number of hydrogen-bond donors (Lipinski definition) is 2. The van der Waals surface area contributed by atoms with Crippen molar-refractivity contribution in [1.82, 2.24) is 15.1 Å². The zero-order valence-corrected chi connectivity index (χ0v) is 12.2. The normalized spacial score (nSPS) is 29.6. The van der Waals surface area contributed by atoms with Gasteiger partial charge in [0.25, 0.3) is 0 Å². The number of nitrogens with zero attached hydrogens (tertiary/aromatic N) is 2. The molecular formula is C14H27N3O2. The summed E-state index contributed by atoms with van der Waals surface area (Å²) in [5, 5.41) is 12.6. The second-order valence-electron chi connectivity index (χ2n) is 6.24. The molecule has 110 valence electrons.